The first-order valence-electron chi connectivity index (χ1n) is 11.1. The van der Waals surface area contributed by atoms with E-state index in [9.17, 15) is 13.2 Å². The molecule has 1 spiro atoms. The van der Waals surface area contributed by atoms with Gasteiger partial charge in [0.15, 0.2) is 0 Å². The Morgan fingerprint density at radius 2 is 1.84 bits per heavy atom. The van der Waals surface area contributed by atoms with E-state index < -0.39 is 6.36 Å². The molecule has 1 aliphatic heterocycles. The fourth-order valence-corrected chi connectivity index (χ4v) is 5.48. The lowest BCUT2D eigenvalue weighted by Gasteiger charge is -2.47. The molecule has 0 unspecified atom stereocenters. The number of pyridine rings is 1. The number of benzene rings is 1. The van der Waals surface area contributed by atoms with Gasteiger partial charge in [0.2, 0.25) is 0 Å². The van der Waals surface area contributed by atoms with Crippen molar-refractivity contribution in [3.8, 4) is 5.75 Å². The Morgan fingerprint density at radius 3 is 2.53 bits per heavy atom. The second-order valence-electron chi connectivity index (χ2n) is 8.96. The van der Waals surface area contributed by atoms with Crippen molar-refractivity contribution >= 4 is 11.6 Å². The molecular formula is C24H28ClF3N2O2. The largest absolute Gasteiger partial charge is 0.573 e. The Hall–Kier alpha value is -1.83. The van der Waals surface area contributed by atoms with Gasteiger partial charge in [-0.25, -0.2) is 0 Å². The third-order valence-corrected chi connectivity index (χ3v) is 6.94. The molecule has 1 aromatic heterocycles. The van der Waals surface area contributed by atoms with Crippen LogP contribution in [0.5, 0.6) is 5.75 Å². The smallest absolute Gasteiger partial charge is 0.406 e. The van der Waals surface area contributed by atoms with Crippen molar-refractivity contribution in [2.24, 2.45) is 0 Å². The first-order valence-corrected chi connectivity index (χ1v) is 11.5. The number of alkyl halides is 3. The first-order chi connectivity index (χ1) is 15.3. The molecule has 1 aliphatic carbocycles. The van der Waals surface area contributed by atoms with Crippen LogP contribution in [0.25, 0.3) is 0 Å². The lowest BCUT2D eigenvalue weighted by Crippen LogP contribution is -2.47. The number of aromatic nitrogens is 1. The van der Waals surface area contributed by atoms with E-state index in [0.29, 0.717) is 18.2 Å². The highest BCUT2D eigenvalue weighted by atomic mass is 35.5. The Kier molecular flexibility index (Phi) is 6.98. The van der Waals surface area contributed by atoms with Crippen LogP contribution in [0.3, 0.4) is 0 Å². The summed E-state index contributed by atoms with van der Waals surface area (Å²) in [6, 6.07) is 8.31. The van der Waals surface area contributed by atoms with Crippen molar-refractivity contribution in [1.82, 2.24) is 10.3 Å². The predicted molar refractivity (Wildman–Crippen MR) is 117 cm³/mol. The average Bonchev–Trinajstić information content (AvgIpc) is 3.18. The minimum absolute atomic E-state index is 0.115. The molecule has 2 fully saturated rings. The van der Waals surface area contributed by atoms with Crippen molar-refractivity contribution in [1.29, 1.82) is 0 Å². The van der Waals surface area contributed by atoms with Crippen molar-refractivity contribution < 1.29 is 22.6 Å². The summed E-state index contributed by atoms with van der Waals surface area (Å²) in [5.74, 6) is -0.189. The highest BCUT2D eigenvalue weighted by Gasteiger charge is 2.47. The lowest BCUT2D eigenvalue weighted by molar-refractivity contribution is -0.274. The molecule has 1 aromatic carbocycles. The predicted octanol–water partition coefficient (Wildman–Crippen LogP) is 6.17. The topological polar surface area (TPSA) is 43.4 Å². The van der Waals surface area contributed by atoms with E-state index in [0.717, 1.165) is 62.6 Å². The number of nitrogens with one attached hydrogen (secondary N) is 1. The van der Waals surface area contributed by atoms with Gasteiger partial charge in [0.25, 0.3) is 0 Å². The first kappa shape index (κ1) is 23.3. The second-order valence-corrected chi connectivity index (χ2v) is 9.39. The summed E-state index contributed by atoms with van der Waals surface area (Å²) in [6.07, 6.45) is 5.72. The molecule has 1 saturated heterocycles. The van der Waals surface area contributed by atoms with Crippen LogP contribution in [-0.2, 0) is 16.7 Å². The van der Waals surface area contributed by atoms with Crippen LogP contribution in [0.15, 0.2) is 42.7 Å². The van der Waals surface area contributed by atoms with Gasteiger partial charge in [-0.3, -0.25) is 4.98 Å². The van der Waals surface area contributed by atoms with Crippen molar-refractivity contribution in [3.05, 3.63) is 58.9 Å². The van der Waals surface area contributed by atoms with Crippen LogP contribution in [0.1, 0.15) is 56.1 Å². The molecular weight excluding hydrogens is 441 g/mol. The zero-order chi connectivity index (χ0) is 22.7. The summed E-state index contributed by atoms with van der Waals surface area (Å²) in [5.41, 5.74) is 1.79. The minimum atomic E-state index is -4.69. The van der Waals surface area contributed by atoms with Crippen LogP contribution in [0.2, 0.25) is 5.02 Å². The molecule has 1 saturated carbocycles. The van der Waals surface area contributed by atoms with Crippen molar-refractivity contribution in [2.75, 3.05) is 13.2 Å². The summed E-state index contributed by atoms with van der Waals surface area (Å²) in [4.78, 5) is 4.12. The van der Waals surface area contributed by atoms with Gasteiger partial charge in [-0.05, 0) is 68.0 Å². The maximum Gasteiger partial charge on any atom is 0.573 e. The van der Waals surface area contributed by atoms with Crippen molar-refractivity contribution in [2.45, 2.75) is 68.9 Å². The summed E-state index contributed by atoms with van der Waals surface area (Å²) >= 11 is 6.02. The summed E-state index contributed by atoms with van der Waals surface area (Å²) in [5, 5.41) is 4.09. The van der Waals surface area contributed by atoms with Gasteiger partial charge in [-0.15, -0.1) is 13.2 Å². The lowest BCUT2D eigenvalue weighted by atomic mass is 9.66. The number of nitrogens with zero attached hydrogens (tertiary/aromatic N) is 1. The Morgan fingerprint density at radius 1 is 1.09 bits per heavy atom. The van der Waals surface area contributed by atoms with E-state index >= 15 is 0 Å². The third kappa shape index (κ3) is 5.74. The fourth-order valence-electron chi connectivity index (χ4n) is 5.29. The van der Waals surface area contributed by atoms with Crippen LogP contribution < -0.4 is 10.1 Å². The van der Waals surface area contributed by atoms with Crippen LogP contribution in [0, 0.1) is 0 Å². The van der Waals surface area contributed by atoms with Crippen LogP contribution in [-0.4, -0.2) is 30.1 Å². The van der Waals surface area contributed by atoms with E-state index in [1.165, 1.54) is 12.1 Å². The summed E-state index contributed by atoms with van der Waals surface area (Å²) in [6.45, 7) is 2.09. The molecule has 1 atom stereocenters. The molecule has 8 heteroatoms. The molecule has 0 bridgehead atoms. The number of hydrogen-bond acceptors (Lipinski definition) is 4. The van der Waals surface area contributed by atoms with E-state index in [-0.39, 0.29) is 16.8 Å². The maximum atomic E-state index is 12.6. The molecule has 174 valence electrons. The van der Waals surface area contributed by atoms with Gasteiger partial charge in [-0.2, -0.15) is 0 Å². The van der Waals surface area contributed by atoms with E-state index in [2.05, 4.69) is 15.0 Å². The number of hydrogen-bond donors (Lipinski definition) is 1. The molecule has 2 aromatic rings. The van der Waals surface area contributed by atoms with Crippen molar-refractivity contribution in [3.63, 3.8) is 0 Å². The van der Waals surface area contributed by atoms with Gasteiger partial charge in [0, 0.05) is 31.0 Å². The van der Waals surface area contributed by atoms with E-state index in [4.69, 9.17) is 16.3 Å². The summed E-state index contributed by atoms with van der Waals surface area (Å²) < 4.78 is 48.1. The zero-order valence-corrected chi connectivity index (χ0v) is 18.6. The molecule has 4 nitrogen and oxygen atoms in total. The normalized spacial score (nSPS) is 22.9. The number of ether oxygens (including phenoxy) is 2. The summed E-state index contributed by atoms with van der Waals surface area (Å²) in [7, 11) is 0. The Bertz CT molecular complexity index is 901. The quantitative estimate of drug-likeness (QED) is 0.493. The van der Waals surface area contributed by atoms with Gasteiger partial charge in [0.1, 0.15) is 5.75 Å². The number of halogens is 4. The van der Waals surface area contributed by atoms with Gasteiger partial charge < -0.3 is 14.8 Å². The molecule has 2 aliphatic rings. The average molecular weight is 469 g/mol. The Labute approximate surface area is 191 Å². The van der Waals surface area contributed by atoms with Gasteiger partial charge in [0.05, 0.1) is 10.6 Å². The molecule has 0 amide bonds. The van der Waals surface area contributed by atoms with Gasteiger partial charge in [-0.1, -0.05) is 36.6 Å². The van der Waals surface area contributed by atoms with Crippen LogP contribution in [0.4, 0.5) is 13.2 Å². The number of rotatable bonds is 7. The van der Waals surface area contributed by atoms with E-state index in [1.54, 1.807) is 24.5 Å². The highest BCUT2D eigenvalue weighted by molar-refractivity contribution is 6.30. The minimum Gasteiger partial charge on any atom is -0.406 e. The molecule has 4 rings (SSSR count). The zero-order valence-electron chi connectivity index (χ0n) is 17.9. The highest BCUT2D eigenvalue weighted by Crippen LogP contribution is 2.50. The maximum absolute atomic E-state index is 12.6. The molecule has 0 radical (unpaired) electrons. The monoisotopic (exact) mass is 468 g/mol. The second kappa shape index (κ2) is 9.57. The fraction of sp³-hybridized carbons (Fsp3) is 0.542. The van der Waals surface area contributed by atoms with Crippen LogP contribution >= 0.6 is 11.6 Å². The third-order valence-electron chi connectivity index (χ3n) is 6.74. The molecule has 2 heterocycles. The molecule has 1 N–H and O–H groups in total. The standard InChI is InChI=1S/C24H28ClF3N2O2/c25-20-13-18(15-30-16-20)14-29-11-9-22(10-12-31-23(17-22)7-1-2-8-23)19-3-5-21(6-4-19)32-24(26,27)28/h3-6,13,15-16,29H,1-2,7-12,14,17H2/t22-/m0/s1. The van der Waals surface area contributed by atoms with Gasteiger partial charge >= 0.3 is 6.36 Å². The van der Waals surface area contributed by atoms with E-state index in [1.807, 2.05) is 6.07 Å². The Balaban J connectivity index is 1.49. The SMILES string of the molecule is FC(F)(F)Oc1ccc([C@@]2(CCNCc3cncc(Cl)c3)CCOC3(CCCC3)C2)cc1. The molecule has 32 heavy (non-hydrogen) atoms.